The summed E-state index contributed by atoms with van der Waals surface area (Å²) in [6.07, 6.45) is 0.793. The van der Waals surface area contributed by atoms with E-state index in [0.717, 1.165) is 21.3 Å². The number of hydrogen-bond acceptors (Lipinski definition) is 4. The van der Waals surface area contributed by atoms with E-state index in [1.165, 1.54) is 5.56 Å². The van der Waals surface area contributed by atoms with Gasteiger partial charge >= 0.3 is 0 Å². The molecule has 0 aliphatic rings. The molecule has 1 amide bonds. The van der Waals surface area contributed by atoms with Crippen molar-refractivity contribution in [2.45, 2.75) is 26.3 Å². The molecule has 2 aromatic heterocycles. The van der Waals surface area contributed by atoms with Crippen LogP contribution in [0.4, 0.5) is 0 Å². The van der Waals surface area contributed by atoms with E-state index >= 15 is 0 Å². The van der Waals surface area contributed by atoms with Crippen molar-refractivity contribution in [3.05, 3.63) is 82.1 Å². The lowest BCUT2D eigenvalue weighted by Gasteiger charge is -2.06. The zero-order chi connectivity index (χ0) is 20.2. The third kappa shape index (κ3) is 4.68. The Hall–Kier alpha value is -3.06. The second-order valence-electron chi connectivity index (χ2n) is 6.88. The summed E-state index contributed by atoms with van der Waals surface area (Å²) >= 11 is 3.44. The molecular formula is C22H20BrN5O. The number of fused-ring (bicyclic) bond motifs is 1. The van der Waals surface area contributed by atoms with Crippen LogP contribution in [0.2, 0.25) is 0 Å². The summed E-state index contributed by atoms with van der Waals surface area (Å²) in [6, 6.07) is 19.9. The first-order valence-corrected chi connectivity index (χ1v) is 10.2. The predicted octanol–water partition coefficient (Wildman–Crippen LogP) is 4.11. The van der Waals surface area contributed by atoms with Crippen LogP contribution in [0.1, 0.15) is 23.4 Å². The third-order valence-corrected chi connectivity index (χ3v) is 5.12. The molecule has 0 aliphatic carbocycles. The maximum atomic E-state index is 12.3. The molecule has 0 spiro atoms. The first kappa shape index (κ1) is 19.3. The van der Waals surface area contributed by atoms with Crippen molar-refractivity contribution in [1.29, 1.82) is 0 Å². The maximum Gasteiger partial charge on any atom is 0.220 e. The number of benzene rings is 2. The molecule has 0 aliphatic heterocycles. The zero-order valence-corrected chi connectivity index (χ0v) is 17.6. The first-order valence-electron chi connectivity index (χ1n) is 9.38. The summed E-state index contributed by atoms with van der Waals surface area (Å²) in [4.78, 5) is 12.3. The zero-order valence-electron chi connectivity index (χ0n) is 16.0. The highest BCUT2D eigenvalue weighted by Crippen LogP contribution is 2.18. The number of aryl methyl sites for hydroxylation is 2. The van der Waals surface area contributed by atoms with Crippen molar-refractivity contribution in [2.24, 2.45) is 0 Å². The van der Waals surface area contributed by atoms with E-state index in [9.17, 15) is 4.79 Å². The van der Waals surface area contributed by atoms with Crippen molar-refractivity contribution in [3.63, 3.8) is 0 Å². The van der Waals surface area contributed by atoms with Crippen LogP contribution in [-0.4, -0.2) is 25.7 Å². The summed E-state index contributed by atoms with van der Waals surface area (Å²) in [5, 5.41) is 16.0. The molecule has 7 heteroatoms. The Morgan fingerprint density at radius 1 is 1.07 bits per heavy atom. The molecule has 4 rings (SSSR count). The summed E-state index contributed by atoms with van der Waals surface area (Å²) < 4.78 is 2.71. The number of amides is 1. The quantitative estimate of drug-likeness (QED) is 0.480. The van der Waals surface area contributed by atoms with Gasteiger partial charge in [-0.3, -0.25) is 4.79 Å². The Bertz CT molecular complexity index is 1150. The SMILES string of the molecule is Cc1ccc(-c2ccc3nnc(CCC(=O)NCc4cccc(Br)c4)n3n2)cc1. The third-order valence-electron chi connectivity index (χ3n) is 4.63. The number of hydrogen-bond donors (Lipinski definition) is 1. The summed E-state index contributed by atoms with van der Waals surface area (Å²) in [5.74, 6) is 0.642. The maximum absolute atomic E-state index is 12.3. The molecule has 0 atom stereocenters. The van der Waals surface area contributed by atoms with E-state index in [2.05, 4.69) is 55.6 Å². The smallest absolute Gasteiger partial charge is 0.220 e. The number of nitrogens with one attached hydrogen (secondary N) is 1. The van der Waals surface area contributed by atoms with Crippen LogP contribution in [-0.2, 0) is 17.8 Å². The van der Waals surface area contributed by atoms with Crippen LogP contribution in [0.5, 0.6) is 0 Å². The Labute approximate surface area is 177 Å². The molecule has 1 N–H and O–H groups in total. The minimum atomic E-state index is -0.0311. The highest BCUT2D eigenvalue weighted by atomic mass is 79.9. The highest BCUT2D eigenvalue weighted by molar-refractivity contribution is 9.10. The number of halogens is 1. The number of rotatable bonds is 6. The van der Waals surface area contributed by atoms with Gasteiger partial charge < -0.3 is 5.32 Å². The van der Waals surface area contributed by atoms with Gasteiger partial charge in [-0.1, -0.05) is 57.9 Å². The van der Waals surface area contributed by atoms with E-state index in [-0.39, 0.29) is 5.91 Å². The lowest BCUT2D eigenvalue weighted by Crippen LogP contribution is -2.23. The minimum absolute atomic E-state index is 0.0311. The van der Waals surface area contributed by atoms with Crippen LogP contribution in [0.3, 0.4) is 0 Å². The van der Waals surface area contributed by atoms with E-state index in [1.807, 2.05) is 48.5 Å². The molecule has 0 radical (unpaired) electrons. The molecule has 0 unspecified atom stereocenters. The molecule has 146 valence electrons. The van der Waals surface area contributed by atoms with E-state index < -0.39 is 0 Å². The molecule has 0 saturated carbocycles. The average molecular weight is 450 g/mol. The Morgan fingerprint density at radius 3 is 2.69 bits per heavy atom. The fourth-order valence-corrected chi connectivity index (χ4v) is 3.48. The normalized spacial score (nSPS) is 11.0. The monoisotopic (exact) mass is 449 g/mol. The van der Waals surface area contributed by atoms with Crippen molar-refractivity contribution >= 4 is 27.5 Å². The summed E-state index contributed by atoms with van der Waals surface area (Å²) in [6.45, 7) is 2.55. The van der Waals surface area contributed by atoms with Crippen molar-refractivity contribution in [3.8, 4) is 11.3 Å². The fraction of sp³-hybridized carbons (Fsp3) is 0.182. The van der Waals surface area contributed by atoms with Gasteiger partial charge in [-0.2, -0.15) is 9.61 Å². The fourth-order valence-electron chi connectivity index (χ4n) is 3.03. The number of carbonyl (C=O) groups is 1. The van der Waals surface area contributed by atoms with Crippen LogP contribution < -0.4 is 5.32 Å². The van der Waals surface area contributed by atoms with Gasteiger partial charge in [-0.15, -0.1) is 10.2 Å². The lowest BCUT2D eigenvalue weighted by atomic mass is 10.1. The van der Waals surface area contributed by atoms with Crippen molar-refractivity contribution < 1.29 is 4.79 Å². The van der Waals surface area contributed by atoms with Crippen molar-refractivity contribution in [2.75, 3.05) is 0 Å². The molecule has 0 bridgehead atoms. The van der Waals surface area contributed by atoms with Gasteiger partial charge in [0.2, 0.25) is 5.91 Å². The van der Waals surface area contributed by atoms with Gasteiger partial charge in [0.1, 0.15) is 0 Å². The molecule has 2 heterocycles. The molecule has 0 saturated heterocycles. The second kappa shape index (κ2) is 8.53. The van der Waals surface area contributed by atoms with Gasteiger partial charge in [0, 0.05) is 29.4 Å². The number of aromatic nitrogens is 4. The van der Waals surface area contributed by atoms with Crippen LogP contribution in [0.25, 0.3) is 16.9 Å². The van der Waals surface area contributed by atoms with Gasteiger partial charge in [0.05, 0.1) is 5.69 Å². The van der Waals surface area contributed by atoms with Gasteiger partial charge in [-0.25, -0.2) is 0 Å². The largest absolute Gasteiger partial charge is 0.352 e. The van der Waals surface area contributed by atoms with Gasteiger partial charge in [-0.05, 0) is 36.8 Å². The van der Waals surface area contributed by atoms with Crippen LogP contribution in [0.15, 0.2) is 65.1 Å². The molecule has 4 aromatic rings. The van der Waals surface area contributed by atoms with E-state index in [0.29, 0.717) is 30.9 Å². The summed E-state index contributed by atoms with van der Waals surface area (Å²) in [7, 11) is 0. The number of nitrogens with zero attached hydrogens (tertiary/aromatic N) is 4. The first-order chi connectivity index (χ1) is 14.1. The average Bonchev–Trinajstić information content (AvgIpc) is 3.13. The van der Waals surface area contributed by atoms with E-state index in [1.54, 1.807) is 4.52 Å². The number of carbonyl (C=O) groups excluding carboxylic acids is 1. The molecule has 29 heavy (non-hydrogen) atoms. The Morgan fingerprint density at radius 2 is 1.90 bits per heavy atom. The second-order valence-corrected chi connectivity index (χ2v) is 7.79. The van der Waals surface area contributed by atoms with Crippen LogP contribution in [0, 0.1) is 6.92 Å². The lowest BCUT2D eigenvalue weighted by molar-refractivity contribution is -0.121. The highest BCUT2D eigenvalue weighted by Gasteiger charge is 2.11. The van der Waals surface area contributed by atoms with E-state index in [4.69, 9.17) is 0 Å². The molecule has 0 fully saturated rings. The Balaban J connectivity index is 1.43. The predicted molar refractivity (Wildman–Crippen MR) is 115 cm³/mol. The molecule has 2 aromatic carbocycles. The molecule has 6 nitrogen and oxygen atoms in total. The standard InChI is InChI=1S/C22H20BrN5O/c1-15-5-7-17(8-6-15)19-9-10-20-25-26-21(28(20)27-19)11-12-22(29)24-14-16-3-2-4-18(23)13-16/h2-10,13H,11-12,14H2,1H3,(H,24,29). The summed E-state index contributed by atoms with van der Waals surface area (Å²) in [5.41, 5.74) is 4.80. The van der Waals surface area contributed by atoms with Crippen molar-refractivity contribution in [1.82, 2.24) is 25.1 Å². The van der Waals surface area contributed by atoms with Gasteiger partial charge in [0.25, 0.3) is 0 Å². The Kier molecular flexibility index (Phi) is 5.67. The molecular weight excluding hydrogens is 430 g/mol. The topological polar surface area (TPSA) is 72.2 Å². The van der Waals surface area contributed by atoms with Crippen LogP contribution >= 0.6 is 15.9 Å². The van der Waals surface area contributed by atoms with Gasteiger partial charge in [0.15, 0.2) is 11.5 Å². The minimum Gasteiger partial charge on any atom is -0.352 e.